The number of carbonyl (C=O) groups is 2. The molecule has 178 valence electrons. The summed E-state index contributed by atoms with van der Waals surface area (Å²) in [4.78, 5) is 25.5. The lowest BCUT2D eigenvalue weighted by molar-refractivity contribution is -0.114. The largest absolute Gasteiger partial charge is 0.352 e. The Morgan fingerprint density at radius 2 is 1.62 bits per heavy atom. The van der Waals surface area contributed by atoms with Gasteiger partial charge in [0.25, 0.3) is 5.91 Å². The molecule has 0 aliphatic carbocycles. The Hall–Kier alpha value is -3.07. The summed E-state index contributed by atoms with van der Waals surface area (Å²) >= 11 is 12.1. The predicted molar refractivity (Wildman–Crippen MR) is 136 cm³/mol. The van der Waals surface area contributed by atoms with E-state index in [1.165, 1.54) is 18.2 Å². The molecule has 0 aromatic heterocycles. The van der Waals surface area contributed by atoms with Crippen LogP contribution in [0.25, 0.3) is 0 Å². The molecule has 0 saturated carbocycles. The minimum Gasteiger partial charge on any atom is -0.352 e. The Kier molecular flexibility index (Phi) is 8.55. The fourth-order valence-electron chi connectivity index (χ4n) is 3.23. The number of benzene rings is 3. The number of halogens is 2. The van der Waals surface area contributed by atoms with Crippen molar-refractivity contribution < 1.29 is 18.0 Å². The summed E-state index contributed by atoms with van der Waals surface area (Å²) in [7, 11) is -3.86. The van der Waals surface area contributed by atoms with Gasteiger partial charge in [0.2, 0.25) is 15.9 Å². The van der Waals surface area contributed by atoms with Crippen molar-refractivity contribution in [2.75, 3.05) is 29.0 Å². The third-order valence-electron chi connectivity index (χ3n) is 4.85. The molecular weight excluding hydrogens is 497 g/mol. The van der Waals surface area contributed by atoms with Crippen molar-refractivity contribution in [2.45, 2.75) is 6.42 Å². The van der Waals surface area contributed by atoms with Crippen LogP contribution in [0.4, 0.5) is 11.4 Å². The topological polar surface area (TPSA) is 95.6 Å². The Morgan fingerprint density at radius 3 is 2.32 bits per heavy atom. The van der Waals surface area contributed by atoms with Crippen LogP contribution in [-0.4, -0.2) is 39.6 Å². The average molecular weight is 520 g/mol. The first-order valence-corrected chi connectivity index (χ1v) is 12.9. The van der Waals surface area contributed by atoms with Crippen LogP contribution in [0.15, 0.2) is 72.8 Å². The molecule has 0 atom stereocenters. The summed E-state index contributed by atoms with van der Waals surface area (Å²) < 4.78 is 25.6. The molecule has 3 aromatic carbocycles. The van der Waals surface area contributed by atoms with E-state index in [4.69, 9.17) is 23.2 Å². The maximum atomic E-state index is 12.8. The molecule has 2 amide bonds. The number of amides is 2. The Bertz CT molecular complexity index is 1280. The van der Waals surface area contributed by atoms with E-state index in [0.29, 0.717) is 13.0 Å². The number of hydrogen-bond donors (Lipinski definition) is 2. The Labute approximate surface area is 208 Å². The van der Waals surface area contributed by atoms with E-state index in [0.717, 1.165) is 16.1 Å². The van der Waals surface area contributed by atoms with E-state index in [1.807, 2.05) is 30.3 Å². The first-order valence-electron chi connectivity index (χ1n) is 10.3. The first-order chi connectivity index (χ1) is 16.1. The lowest BCUT2D eigenvalue weighted by Gasteiger charge is -2.23. The van der Waals surface area contributed by atoms with Crippen molar-refractivity contribution in [3.05, 3.63) is 94.0 Å². The molecule has 0 radical (unpaired) electrons. The van der Waals surface area contributed by atoms with E-state index in [1.54, 1.807) is 24.3 Å². The molecule has 0 unspecified atom stereocenters. The van der Waals surface area contributed by atoms with Crippen molar-refractivity contribution in [3.63, 3.8) is 0 Å². The first kappa shape index (κ1) is 25.6. The Balaban J connectivity index is 1.71. The normalized spacial score (nSPS) is 11.0. The third-order valence-corrected chi connectivity index (χ3v) is 6.53. The third kappa shape index (κ3) is 6.96. The van der Waals surface area contributed by atoms with E-state index in [-0.39, 0.29) is 32.9 Å². The highest BCUT2D eigenvalue weighted by Gasteiger charge is 2.24. The fraction of sp³-hybridized carbons (Fsp3) is 0.167. The minimum atomic E-state index is -3.86. The van der Waals surface area contributed by atoms with Crippen LogP contribution in [0.5, 0.6) is 0 Å². The molecule has 0 bridgehead atoms. The molecule has 2 N–H and O–H groups in total. The van der Waals surface area contributed by atoms with Crippen molar-refractivity contribution in [1.82, 2.24) is 5.32 Å². The molecule has 0 fully saturated rings. The highest BCUT2D eigenvalue weighted by molar-refractivity contribution is 7.92. The van der Waals surface area contributed by atoms with Crippen LogP contribution in [0.2, 0.25) is 10.0 Å². The second-order valence-corrected chi connectivity index (χ2v) is 10.2. The van der Waals surface area contributed by atoms with Crippen LogP contribution >= 0.6 is 23.2 Å². The molecular formula is C24H23Cl2N3O4S. The van der Waals surface area contributed by atoms with Crippen LogP contribution < -0.4 is 14.9 Å². The van der Waals surface area contributed by atoms with Gasteiger partial charge >= 0.3 is 0 Å². The van der Waals surface area contributed by atoms with E-state index < -0.39 is 22.5 Å². The molecule has 0 aliphatic heterocycles. The lowest BCUT2D eigenvalue weighted by atomic mass is 10.1. The zero-order chi connectivity index (χ0) is 24.7. The highest BCUT2D eigenvalue weighted by atomic mass is 35.5. The van der Waals surface area contributed by atoms with Gasteiger partial charge in [-0.15, -0.1) is 0 Å². The number of sulfonamides is 1. The number of anilines is 2. The number of para-hydroxylation sites is 1. The van der Waals surface area contributed by atoms with Gasteiger partial charge < -0.3 is 10.6 Å². The predicted octanol–water partition coefficient (Wildman–Crippen LogP) is 4.37. The second kappa shape index (κ2) is 11.4. The molecule has 0 heterocycles. The second-order valence-electron chi connectivity index (χ2n) is 7.45. The van der Waals surface area contributed by atoms with Crippen LogP contribution in [0, 0.1) is 0 Å². The van der Waals surface area contributed by atoms with Gasteiger partial charge in [-0.1, -0.05) is 65.7 Å². The molecule has 34 heavy (non-hydrogen) atoms. The van der Waals surface area contributed by atoms with Gasteiger partial charge in [0.1, 0.15) is 6.54 Å². The van der Waals surface area contributed by atoms with Gasteiger partial charge in [0, 0.05) is 11.6 Å². The summed E-state index contributed by atoms with van der Waals surface area (Å²) in [6, 6.07) is 20.5. The molecule has 3 aromatic rings. The van der Waals surface area contributed by atoms with Gasteiger partial charge in [-0.05, 0) is 42.3 Å². The highest BCUT2D eigenvalue weighted by Crippen LogP contribution is 2.30. The van der Waals surface area contributed by atoms with Crippen LogP contribution in [-0.2, 0) is 21.2 Å². The van der Waals surface area contributed by atoms with Gasteiger partial charge in [-0.2, -0.15) is 0 Å². The molecule has 0 saturated heterocycles. The minimum absolute atomic E-state index is 0.0822. The van der Waals surface area contributed by atoms with E-state index in [9.17, 15) is 18.0 Å². The summed E-state index contributed by atoms with van der Waals surface area (Å²) in [5.74, 6) is -1.00. The van der Waals surface area contributed by atoms with Crippen LogP contribution in [0.1, 0.15) is 15.9 Å². The number of nitrogens with zero attached hydrogens (tertiary/aromatic N) is 1. The summed E-state index contributed by atoms with van der Waals surface area (Å²) in [5.41, 5.74) is 1.69. The average Bonchev–Trinajstić information content (AvgIpc) is 2.79. The zero-order valence-corrected chi connectivity index (χ0v) is 20.6. The summed E-state index contributed by atoms with van der Waals surface area (Å²) in [5, 5.41) is 5.86. The van der Waals surface area contributed by atoms with E-state index in [2.05, 4.69) is 10.6 Å². The molecule has 0 aliphatic rings. The van der Waals surface area contributed by atoms with Crippen molar-refractivity contribution in [2.24, 2.45) is 0 Å². The number of hydrogen-bond acceptors (Lipinski definition) is 4. The molecule has 3 rings (SSSR count). The quantitative estimate of drug-likeness (QED) is 0.438. The fourth-order valence-corrected chi connectivity index (χ4v) is 4.52. The monoisotopic (exact) mass is 519 g/mol. The maximum Gasteiger partial charge on any atom is 0.253 e. The summed E-state index contributed by atoms with van der Waals surface area (Å²) in [6.07, 6.45) is 1.62. The van der Waals surface area contributed by atoms with Crippen LogP contribution in [0.3, 0.4) is 0 Å². The molecule has 7 nitrogen and oxygen atoms in total. The smallest absolute Gasteiger partial charge is 0.253 e. The number of carbonyl (C=O) groups excluding carboxylic acids is 2. The van der Waals surface area contributed by atoms with Gasteiger partial charge in [0.15, 0.2) is 0 Å². The van der Waals surface area contributed by atoms with Gasteiger partial charge in [0.05, 0.1) is 28.2 Å². The van der Waals surface area contributed by atoms with Crippen molar-refractivity contribution in [1.29, 1.82) is 0 Å². The number of rotatable bonds is 9. The maximum absolute atomic E-state index is 12.8. The molecule has 0 spiro atoms. The summed E-state index contributed by atoms with van der Waals surface area (Å²) in [6.45, 7) is -0.136. The Morgan fingerprint density at radius 1 is 0.941 bits per heavy atom. The zero-order valence-electron chi connectivity index (χ0n) is 18.3. The standard InChI is InChI=1S/C24H23Cl2N3O4S/c1-34(32,33)29(22-15-18(25)11-12-20(22)26)16-23(30)28-21-10-6-5-9-19(21)24(31)27-14-13-17-7-3-2-4-8-17/h2-12,15H,13-14,16H2,1H3,(H,27,31)(H,28,30). The van der Waals surface area contributed by atoms with Crippen molar-refractivity contribution >= 4 is 56.4 Å². The molecule has 10 heteroatoms. The van der Waals surface area contributed by atoms with Gasteiger partial charge in [-0.25, -0.2) is 8.42 Å². The van der Waals surface area contributed by atoms with Gasteiger partial charge in [-0.3, -0.25) is 13.9 Å². The van der Waals surface area contributed by atoms with E-state index >= 15 is 0 Å². The lowest BCUT2D eigenvalue weighted by Crippen LogP contribution is -2.38. The van der Waals surface area contributed by atoms with Crippen molar-refractivity contribution in [3.8, 4) is 0 Å². The number of nitrogens with one attached hydrogen (secondary N) is 2. The SMILES string of the molecule is CS(=O)(=O)N(CC(=O)Nc1ccccc1C(=O)NCCc1ccccc1)c1cc(Cl)ccc1Cl.